The number of carbonyl (C=O) groups is 1. The van der Waals surface area contributed by atoms with Gasteiger partial charge in [0, 0.05) is 11.6 Å². The molecule has 5 heteroatoms. The van der Waals surface area contributed by atoms with Crippen LogP contribution in [-0.4, -0.2) is 29.1 Å². The number of amides is 1. The fourth-order valence-corrected chi connectivity index (χ4v) is 1.19. The van der Waals surface area contributed by atoms with E-state index in [1.165, 1.54) is 6.07 Å². The summed E-state index contributed by atoms with van der Waals surface area (Å²) in [6.45, 7) is 3.73. The summed E-state index contributed by atoms with van der Waals surface area (Å²) in [6.07, 6.45) is 0. The maximum Gasteiger partial charge on any atom is 0.488 e. The molecule has 0 heterocycles. The molecule has 1 amide bonds. The Morgan fingerprint density at radius 2 is 2.07 bits per heavy atom. The summed E-state index contributed by atoms with van der Waals surface area (Å²) < 4.78 is 0. The van der Waals surface area contributed by atoms with Crippen LogP contribution in [0.25, 0.3) is 0 Å². The van der Waals surface area contributed by atoms with Gasteiger partial charge < -0.3 is 15.4 Å². The number of nitrogens with one attached hydrogen (secondary N) is 1. The van der Waals surface area contributed by atoms with E-state index < -0.39 is 7.12 Å². The Balaban J connectivity index is 2.85. The van der Waals surface area contributed by atoms with E-state index in [2.05, 4.69) is 5.32 Å². The van der Waals surface area contributed by atoms with Crippen molar-refractivity contribution in [3.8, 4) is 0 Å². The zero-order valence-corrected chi connectivity index (χ0v) is 8.77. The van der Waals surface area contributed by atoms with Gasteiger partial charge in [-0.15, -0.1) is 0 Å². The predicted molar refractivity (Wildman–Crippen MR) is 58.9 cm³/mol. The summed E-state index contributed by atoms with van der Waals surface area (Å²) >= 11 is 0. The molecule has 0 saturated heterocycles. The summed E-state index contributed by atoms with van der Waals surface area (Å²) in [5.74, 6) is -0.215. The highest BCUT2D eigenvalue weighted by Crippen LogP contribution is 1.98. The maximum absolute atomic E-state index is 11.6. The average Bonchev–Trinajstić information content (AvgIpc) is 2.17. The molecule has 80 valence electrons. The summed E-state index contributed by atoms with van der Waals surface area (Å²) in [7, 11) is -1.54. The molecule has 4 nitrogen and oxygen atoms in total. The highest BCUT2D eigenvalue weighted by molar-refractivity contribution is 6.58. The van der Waals surface area contributed by atoms with E-state index in [9.17, 15) is 4.79 Å². The van der Waals surface area contributed by atoms with Crippen molar-refractivity contribution in [3.05, 3.63) is 29.8 Å². The summed E-state index contributed by atoms with van der Waals surface area (Å²) in [5.41, 5.74) is 0.737. The number of hydrogen-bond acceptors (Lipinski definition) is 3. The first kappa shape index (κ1) is 11.7. The third-order valence-corrected chi connectivity index (χ3v) is 1.87. The molecular formula is C10H14BNO3. The van der Waals surface area contributed by atoms with Gasteiger partial charge in [-0.05, 0) is 31.4 Å². The van der Waals surface area contributed by atoms with Crippen LogP contribution < -0.4 is 10.8 Å². The highest BCUT2D eigenvalue weighted by Gasteiger charge is 2.13. The van der Waals surface area contributed by atoms with E-state index in [1.54, 1.807) is 18.2 Å². The van der Waals surface area contributed by atoms with Crippen molar-refractivity contribution in [3.63, 3.8) is 0 Å². The third kappa shape index (κ3) is 3.38. The van der Waals surface area contributed by atoms with E-state index in [1.807, 2.05) is 13.8 Å². The Morgan fingerprint density at radius 3 is 2.60 bits per heavy atom. The zero-order valence-electron chi connectivity index (χ0n) is 8.77. The predicted octanol–water partition coefficient (Wildman–Crippen LogP) is -0.495. The molecule has 1 aromatic rings. The molecule has 0 aromatic heterocycles. The number of rotatable bonds is 3. The molecule has 15 heavy (non-hydrogen) atoms. The first-order valence-corrected chi connectivity index (χ1v) is 4.77. The molecule has 0 aliphatic rings. The Labute approximate surface area is 89.1 Å². The van der Waals surface area contributed by atoms with Crippen LogP contribution in [0.3, 0.4) is 0 Å². The molecule has 0 aliphatic carbocycles. The minimum absolute atomic E-state index is 0.0557. The fourth-order valence-electron chi connectivity index (χ4n) is 1.19. The van der Waals surface area contributed by atoms with Crippen LogP contribution in [0.15, 0.2) is 24.3 Å². The second kappa shape index (κ2) is 4.95. The molecule has 0 unspecified atom stereocenters. The molecule has 1 rings (SSSR count). The molecule has 0 radical (unpaired) electrons. The van der Waals surface area contributed by atoms with Crippen molar-refractivity contribution >= 4 is 18.5 Å². The van der Waals surface area contributed by atoms with Crippen LogP contribution in [0.1, 0.15) is 24.2 Å². The van der Waals surface area contributed by atoms with Crippen LogP contribution in [0.5, 0.6) is 0 Å². The lowest BCUT2D eigenvalue weighted by Crippen LogP contribution is -2.33. The largest absolute Gasteiger partial charge is 0.488 e. The number of benzene rings is 1. The van der Waals surface area contributed by atoms with Crippen LogP contribution in [-0.2, 0) is 0 Å². The van der Waals surface area contributed by atoms with Gasteiger partial charge in [-0.3, -0.25) is 4.79 Å². The smallest absolute Gasteiger partial charge is 0.423 e. The van der Waals surface area contributed by atoms with Crippen molar-refractivity contribution in [2.75, 3.05) is 0 Å². The zero-order chi connectivity index (χ0) is 11.4. The average molecular weight is 207 g/mol. The van der Waals surface area contributed by atoms with Gasteiger partial charge >= 0.3 is 7.12 Å². The van der Waals surface area contributed by atoms with Crippen LogP contribution in [0.4, 0.5) is 0 Å². The Morgan fingerprint density at radius 1 is 1.40 bits per heavy atom. The van der Waals surface area contributed by atoms with Crippen LogP contribution in [0.2, 0.25) is 0 Å². The molecule has 1 aromatic carbocycles. The van der Waals surface area contributed by atoms with Gasteiger partial charge in [0.05, 0.1) is 0 Å². The number of carbonyl (C=O) groups excluding carboxylic acids is 1. The first-order chi connectivity index (χ1) is 7.00. The summed E-state index contributed by atoms with van der Waals surface area (Å²) in [5, 5.41) is 20.6. The van der Waals surface area contributed by atoms with E-state index >= 15 is 0 Å². The van der Waals surface area contributed by atoms with E-state index in [-0.39, 0.29) is 11.9 Å². The topological polar surface area (TPSA) is 69.6 Å². The molecular weight excluding hydrogens is 193 g/mol. The van der Waals surface area contributed by atoms with Gasteiger partial charge in [0.25, 0.3) is 5.91 Å². The van der Waals surface area contributed by atoms with Crippen molar-refractivity contribution in [2.45, 2.75) is 19.9 Å². The van der Waals surface area contributed by atoms with E-state index in [0.29, 0.717) is 11.0 Å². The monoisotopic (exact) mass is 207 g/mol. The van der Waals surface area contributed by atoms with Crippen LogP contribution in [0, 0.1) is 0 Å². The SMILES string of the molecule is CC(C)NC(=O)c1cccc(B(O)O)c1. The normalized spacial score (nSPS) is 10.2. The molecule has 0 bridgehead atoms. The minimum Gasteiger partial charge on any atom is -0.423 e. The molecule has 0 atom stereocenters. The van der Waals surface area contributed by atoms with Crippen molar-refractivity contribution < 1.29 is 14.8 Å². The highest BCUT2D eigenvalue weighted by atomic mass is 16.4. The van der Waals surface area contributed by atoms with Crippen molar-refractivity contribution in [2.24, 2.45) is 0 Å². The first-order valence-electron chi connectivity index (χ1n) is 4.77. The van der Waals surface area contributed by atoms with Gasteiger partial charge in [-0.1, -0.05) is 12.1 Å². The molecule has 0 fully saturated rings. The van der Waals surface area contributed by atoms with Gasteiger partial charge in [-0.25, -0.2) is 0 Å². The quantitative estimate of drug-likeness (QED) is 0.585. The molecule has 3 N–H and O–H groups in total. The second-order valence-electron chi connectivity index (χ2n) is 3.63. The van der Waals surface area contributed by atoms with Gasteiger partial charge in [0.1, 0.15) is 0 Å². The van der Waals surface area contributed by atoms with Crippen molar-refractivity contribution in [1.82, 2.24) is 5.32 Å². The number of hydrogen-bond donors (Lipinski definition) is 3. The van der Waals surface area contributed by atoms with Crippen molar-refractivity contribution in [1.29, 1.82) is 0 Å². The van der Waals surface area contributed by atoms with Crippen LogP contribution >= 0.6 is 0 Å². The Kier molecular flexibility index (Phi) is 3.88. The molecule has 0 saturated carbocycles. The second-order valence-corrected chi connectivity index (χ2v) is 3.63. The Bertz CT molecular complexity index is 352. The van der Waals surface area contributed by atoms with Gasteiger partial charge in [0.15, 0.2) is 0 Å². The van der Waals surface area contributed by atoms with E-state index in [0.717, 1.165) is 0 Å². The van der Waals surface area contributed by atoms with Gasteiger partial charge in [-0.2, -0.15) is 0 Å². The van der Waals surface area contributed by atoms with Gasteiger partial charge in [0.2, 0.25) is 0 Å². The fraction of sp³-hybridized carbons (Fsp3) is 0.300. The summed E-state index contributed by atoms with van der Waals surface area (Å²) in [4.78, 5) is 11.6. The lowest BCUT2D eigenvalue weighted by Gasteiger charge is -2.09. The minimum atomic E-state index is -1.54. The Hall–Kier alpha value is -1.33. The summed E-state index contributed by atoms with van der Waals surface area (Å²) in [6, 6.07) is 6.31. The molecule has 0 spiro atoms. The molecule has 0 aliphatic heterocycles. The lowest BCUT2D eigenvalue weighted by molar-refractivity contribution is 0.0943. The standard InChI is InChI=1S/C10H14BNO3/c1-7(2)12-10(13)8-4-3-5-9(6-8)11(14)15/h3-7,14-15H,1-2H3,(H,12,13). The maximum atomic E-state index is 11.6. The van der Waals surface area contributed by atoms with E-state index in [4.69, 9.17) is 10.0 Å². The third-order valence-electron chi connectivity index (χ3n) is 1.87. The lowest BCUT2D eigenvalue weighted by atomic mass is 9.79.